The minimum atomic E-state index is -0.862. The van der Waals surface area contributed by atoms with E-state index in [2.05, 4.69) is 15.2 Å². The lowest BCUT2D eigenvalue weighted by Crippen LogP contribution is -2.09. The third-order valence-corrected chi connectivity index (χ3v) is 3.98. The van der Waals surface area contributed by atoms with Crippen molar-refractivity contribution >= 4 is 29.1 Å². The topological polar surface area (TPSA) is 80.9 Å². The summed E-state index contributed by atoms with van der Waals surface area (Å²) in [5.74, 6) is 0.193. The molecular weight excluding hydrogens is 284 g/mol. The van der Waals surface area contributed by atoms with Gasteiger partial charge in [-0.3, -0.25) is 9.36 Å². The second-order valence-corrected chi connectivity index (χ2v) is 5.90. The largest absolute Gasteiger partial charge is 0.481 e. The van der Waals surface area contributed by atoms with Gasteiger partial charge in [-0.1, -0.05) is 25.6 Å². The fourth-order valence-corrected chi connectivity index (χ4v) is 2.80. The first kappa shape index (κ1) is 14.0. The maximum absolute atomic E-state index is 10.7. The lowest BCUT2D eigenvalue weighted by atomic mass is 10.2. The molecule has 0 radical (unpaired) electrons. The number of carboxylic acids is 1. The van der Waals surface area contributed by atoms with Gasteiger partial charge in [0.1, 0.15) is 5.82 Å². The Balaban J connectivity index is 2.25. The minimum Gasteiger partial charge on any atom is -0.481 e. The molecule has 0 aliphatic rings. The molecule has 2 aromatic heterocycles. The van der Waals surface area contributed by atoms with E-state index in [4.69, 9.17) is 5.11 Å². The molecule has 0 atom stereocenters. The van der Waals surface area contributed by atoms with Crippen molar-refractivity contribution in [2.75, 3.05) is 5.75 Å². The summed E-state index contributed by atoms with van der Waals surface area (Å²) in [7, 11) is 0. The molecule has 0 amide bonds. The van der Waals surface area contributed by atoms with Gasteiger partial charge in [0.2, 0.25) is 0 Å². The number of nitrogens with zero attached hydrogens (tertiary/aromatic N) is 4. The van der Waals surface area contributed by atoms with Gasteiger partial charge < -0.3 is 5.11 Å². The van der Waals surface area contributed by atoms with Gasteiger partial charge >= 0.3 is 5.97 Å². The third kappa shape index (κ3) is 3.54. The zero-order chi connectivity index (χ0) is 13.8. The second-order valence-electron chi connectivity index (χ2n) is 4.24. The number of thiazole rings is 1. The molecule has 0 aliphatic heterocycles. The van der Waals surface area contributed by atoms with Crippen LogP contribution in [-0.4, -0.2) is 36.6 Å². The highest BCUT2D eigenvalue weighted by molar-refractivity contribution is 7.99. The Hall–Kier alpha value is -1.41. The molecule has 2 rings (SSSR count). The Morgan fingerprint density at radius 2 is 2.32 bits per heavy atom. The van der Waals surface area contributed by atoms with E-state index in [1.165, 1.54) is 23.1 Å². The quantitative estimate of drug-likeness (QED) is 0.822. The first-order chi connectivity index (χ1) is 9.08. The lowest BCUT2D eigenvalue weighted by Gasteiger charge is -2.10. The van der Waals surface area contributed by atoms with E-state index >= 15 is 0 Å². The summed E-state index contributed by atoms with van der Waals surface area (Å²) < 4.78 is 1.94. The van der Waals surface area contributed by atoms with Crippen LogP contribution < -0.4 is 0 Å². The van der Waals surface area contributed by atoms with Gasteiger partial charge in [-0.05, 0) is 0 Å². The molecule has 6 nitrogen and oxygen atoms in total. The maximum Gasteiger partial charge on any atom is 0.313 e. The van der Waals surface area contributed by atoms with Crippen molar-refractivity contribution in [3.05, 3.63) is 22.4 Å². The molecule has 2 aromatic rings. The molecule has 19 heavy (non-hydrogen) atoms. The summed E-state index contributed by atoms with van der Waals surface area (Å²) in [6, 6.07) is 0. The summed E-state index contributed by atoms with van der Waals surface area (Å²) in [6.07, 6.45) is 0. The van der Waals surface area contributed by atoms with Crippen LogP contribution >= 0.6 is 23.1 Å². The van der Waals surface area contributed by atoms with Crippen LogP contribution in [0.4, 0.5) is 0 Å². The fourth-order valence-electron chi connectivity index (χ4n) is 1.59. The first-order valence-corrected chi connectivity index (χ1v) is 7.65. The van der Waals surface area contributed by atoms with Crippen molar-refractivity contribution in [2.45, 2.75) is 31.5 Å². The Morgan fingerprint density at radius 3 is 2.89 bits per heavy atom. The summed E-state index contributed by atoms with van der Waals surface area (Å²) >= 11 is 2.71. The molecule has 0 aromatic carbocycles. The highest BCUT2D eigenvalue weighted by Crippen LogP contribution is 2.22. The van der Waals surface area contributed by atoms with E-state index in [0.717, 1.165) is 11.5 Å². The zero-order valence-electron chi connectivity index (χ0n) is 10.6. The van der Waals surface area contributed by atoms with Gasteiger partial charge in [-0.15, -0.1) is 21.5 Å². The fraction of sp³-hybridized carbons (Fsp3) is 0.455. The Bertz CT molecular complexity index is 551. The summed E-state index contributed by atoms with van der Waals surface area (Å²) in [5.41, 5.74) is 2.71. The number of hydrogen-bond acceptors (Lipinski definition) is 6. The Kier molecular flexibility index (Phi) is 4.54. The molecule has 0 bridgehead atoms. The molecule has 0 saturated carbocycles. The van der Waals surface area contributed by atoms with Crippen molar-refractivity contribution < 1.29 is 9.90 Å². The maximum atomic E-state index is 10.7. The summed E-state index contributed by atoms with van der Waals surface area (Å²) in [6.45, 7) is 4.65. The van der Waals surface area contributed by atoms with E-state index in [1.54, 1.807) is 5.51 Å². The summed E-state index contributed by atoms with van der Waals surface area (Å²) in [4.78, 5) is 14.9. The number of thioether (sulfide) groups is 1. The van der Waals surface area contributed by atoms with Gasteiger partial charge in [-0.2, -0.15) is 0 Å². The summed E-state index contributed by atoms with van der Waals surface area (Å²) in [5, 5.41) is 19.6. The van der Waals surface area contributed by atoms with Gasteiger partial charge in [0.05, 0.1) is 23.5 Å². The van der Waals surface area contributed by atoms with Crippen LogP contribution in [0.3, 0.4) is 0 Å². The van der Waals surface area contributed by atoms with Crippen LogP contribution in [0.15, 0.2) is 16.0 Å². The van der Waals surface area contributed by atoms with Crippen molar-refractivity contribution in [3.63, 3.8) is 0 Å². The van der Waals surface area contributed by atoms with Crippen molar-refractivity contribution in [3.8, 4) is 0 Å². The molecule has 102 valence electrons. The van der Waals surface area contributed by atoms with Crippen molar-refractivity contribution in [1.29, 1.82) is 0 Å². The van der Waals surface area contributed by atoms with Crippen LogP contribution in [-0.2, 0) is 11.3 Å². The smallest absolute Gasteiger partial charge is 0.313 e. The molecule has 8 heteroatoms. The average Bonchev–Trinajstić information content (AvgIpc) is 2.96. The second kappa shape index (κ2) is 6.16. The Morgan fingerprint density at radius 1 is 1.53 bits per heavy atom. The number of aromatic nitrogens is 4. The molecule has 0 aliphatic carbocycles. The molecular formula is C11H14N4O2S2. The highest BCUT2D eigenvalue weighted by atomic mass is 32.2. The van der Waals surface area contributed by atoms with Crippen LogP contribution in [0.25, 0.3) is 0 Å². The molecule has 1 N–H and O–H groups in total. The number of rotatable bonds is 6. The van der Waals surface area contributed by atoms with Crippen LogP contribution in [0.2, 0.25) is 0 Å². The minimum absolute atomic E-state index is 0.0205. The predicted octanol–water partition coefficient (Wildman–Crippen LogP) is 2.08. The van der Waals surface area contributed by atoms with Crippen LogP contribution in [0.5, 0.6) is 0 Å². The SMILES string of the molecule is CC(C)c1nnc(SCC(=O)O)n1Cc1cscn1. The Labute approximate surface area is 118 Å². The first-order valence-electron chi connectivity index (χ1n) is 5.72. The van der Waals surface area contributed by atoms with Crippen molar-refractivity contribution in [2.24, 2.45) is 0 Å². The van der Waals surface area contributed by atoms with E-state index in [0.29, 0.717) is 11.7 Å². The number of carbonyl (C=O) groups is 1. The molecule has 0 spiro atoms. The standard InChI is InChI=1S/C11H14N4O2S2/c1-7(2)10-13-14-11(19-5-9(16)17)15(10)3-8-4-18-6-12-8/h4,6-7H,3,5H2,1-2H3,(H,16,17). The van der Waals surface area contributed by atoms with Gasteiger partial charge in [0, 0.05) is 11.3 Å². The highest BCUT2D eigenvalue weighted by Gasteiger charge is 2.17. The van der Waals surface area contributed by atoms with E-state index in [-0.39, 0.29) is 11.7 Å². The number of hydrogen-bond donors (Lipinski definition) is 1. The lowest BCUT2D eigenvalue weighted by molar-refractivity contribution is -0.133. The van der Waals surface area contributed by atoms with Gasteiger partial charge in [0.15, 0.2) is 5.16 Å². The monoisotopic (exact) mass is 298 g/mol. The number of carboxylic acid groups (broad SMARTS) is 1. The normalized spacial score (nSPS) is 11.1. The van der Waals surface area contributed by atoms with Crippen molar-refractivity contribution in [1.82, 2.24) is 19.7 Å². The van der Waals surface area contributed by atoms with E-state index in [9.17, 15) is 4.79 Å². The van der Waals surface area contributed by atoms with Gasteiger partial charge in [-0.25, -0.2) is 4.98 Å². The average molecular weight is 298 g/mol. The van der Waals surface area contributed by atoms with Gasteiger partial charge in [0.25, 0.3) is 0 Å². The van der Waals surface area contributed by atoms with E-state index < -0.39 is 5.97 Å². The van der Waals surface area contributed by atoms with Crippen LogP contribution in [0, 0.1) is 0 Å². The molecule has 0 unspecified atom stereocenters. The number of aliphatic carboxylic acids is 1. The van der Waals surface area contributed by atoms with Crippen LogP contribution in [0.1, 0.15) is 31.3 Å². The predicted molar refractivity (Wildman–Crippen MR) is 73.7 cm³/mol. The van der Waals surface area contributed by atoms with E-state index in [1.807, 2.05) is 23.8 Å². The molecule has 2 heterocycles. The molecule has 0 saturated heterocycles. The zero-order valence-corrected chi connectivity index (χ0v) is 12.2. The molecule has 0 fully saturated rings. The third-order valence-electron chi connectivity index (χ3n) is 2.39.